The van der Waals surface area contributed by atoms with Crippen LogP contribution in [0.4, 0.5) is 4.39 Å². The Balaban J connectivity index is 1.50. The number of nitrogens with zero attached hydrogens (tertiary/aromatic N) is 4. The number of hydrogen-bond acceptors (Lipinski definition) is 5. The Labute approximate surface area is 162 Å². The zero-order valence-corrected chi connectivity index (χ0v) is 15.3. The number of halogens is 1. The lowest BCUT2D eigenvalue weighted by atomic mass is 10.2. The van der Waals surface area contributed by atoms with Crippen molar-refractivity contribution in [3.8, 4) is 11.4 Å². The molecule has 4 heterocycles. The Morgan fingerprint density at radius 1 is 1.28 bits per heavy atom. The fourth-order valence-corrected chi connectivity index (χ4v) is 3.58. The second kappa shape index (κ2) is 6.82. The van der Waals surface area contributed by atoms with Crippen LogP contribution in [0.3, 0.4) is 0 Å². The number of nitrogens with one attached hydrogen (secondary N) is 2. The van der Waals surface area contributed by atoms with Gasteiger partial charge in [0.1, 0.15) is 17.2 Å². The number of imidazole rings is 1. The minimum atomic E-state index is -0.502. The summed E-state index contributed by atoms with van der Waals surface area (Å²) in [6, 6.07) is 6.01. The Morgan fingerprint density at radius 3 is 2.97 bits per heavy atom. The van der Waals surface area contributed by atoms with E-state index in [0.29, 0.717) is 37.6 Å². The number of fused-ring (bicyclic) bond motifs is 1. The van der Waals surface area contributed by atoms with Crippen molar-refractivity contribution < 1.29 is 9.13 Å². The molecule has 0 aliphatic carbocycles. The minimum absolute atomic E-state index is 0.197. The minimum Gasteiger partial charge on any atom is -0.379 e. The van der Waals surface area contributed by atoms with E-state index in [4.69, 9.17) is 4.74 Å². The van der Waals surface area contributed by atoms with Crippen molar-refractivity contribution >= 4 is 11.2 Å². The van der Waals surface area contributed by atoms with E-state index >= 15 is 0 Å². The van der Waals surface area contributed by atoms with Crippen LogP contribution >= 0.6 is 0 Å². The topological polar surface area (TPSA) is 111 Å². The highest BCUT2D eigenvalue weighted by molar-refractivity contribution is 5.74. The summed E-state index contributed by atoms with van der Waals surface area (Å²) < 4.78 is 21.5. The molecule has 29 heavy (non-hydrogen) atoms. The lowest BCUT2D eigenvalue weighted by molar-refractivity contribution is 0.185. The highest BCUT2D eigenvalue weighted by Crippen LogP contribution is 2.19. The zero-order valence-electron chi connectivity index (χ0n) is 15.3. The van der Waals surface area contributed by atoms with Gasteiger partial charge < -0.3 is 9.72 Å². The summed E-state index contributed by atoms with van der Waals surface area (Å²) in [7, 11) is 0. The van der Waals surface area contributed by atoms with Crippen LogP contribution in [0.2, 0.25) is 0 Å². The van der Waals surface area contributed by atoms with Crippen molar-refractivity contribution in [2.75, 3.05) is 13.2 Å². The van der Waals surface area contributed by atoms with Gasteiger partial charge >= 0.3 is 5.69 Å². The predicted octanol–water partition coefficient (Wildman–Crippen LogP) is 1.43. The van der Waals surface area contributed by atoms with Crippen molar-refractivity contribution in [1.82, 2.24) is 29.3 Å². The van der Waals surface area contributed by atoms with Gasteiger partial charge in [-0.1, -0.05) is 12.1 Å². The first-order valence-electron chi connectivity index (χ1n) is 9.18. The molecular formula is C19H17FN6O3. The molecule has 148 valence electrons. The Bertz CT molecular complexity index is 1310. The van der Waals surface area contributed by atoms with Gasteiger partial charge in [-0.05, 0) is 24.1 Å². The molecule has 0 spiro atoms. The van der Waals surface area contributed by atoms with Crippen LogP contribution in [-0.2, 0) is 11.3 Å². The van der Waals surface area contributed by atoms with Gasteiger partial charge in [-0.3, -0.25) is 19.0 Å². The third-order valence-corrected chi connectivity index (χ3v) is 4.99. The molecule has 2 N–H and O–H groups in total. The average molecular weight is 396 g/mol. The summed E-state index contributed by atoms with van der Waals surface area (Å²) in [6.45, 7) is 1.25. The van der Waals surface area contributed by atoms with Crippen LogP contribution in [-0.4, -0.2) is 42.5 Å². The molecule has 3 aromatic heterocycles. The number of hydrogen-bond donors (Lipinski definition) is 2. The van der Waals surface area contributed by atoms with Crippen molar-refractivity contribution in [2.45, 2.75) is 19.0 Å². The fraction of sp³-hybridized carbons (Fsp3) is 0.263. The standard InChI is InChI=1S/C19H17FN6O3/c20-13-3-1-2-11(6-13)8-25-9-12(7-21-25)16-22-15-17(23-16)24-19(28)26(18(15)27)14-4-5-29-10-14/h1-3,6-7,9,14H,4-5,8,10H2,(H,22,23)(H,24,28). The Morgan fingerprint density at radius 2 is 2.17 bits per heavy atom. The van der Waals surface area contributed by atoms with E-state index in [2.05, 4.69) is 20.1 Å². The number of rotatable bonds is 4. The van der Waals surface area contributed by atoms with Crippen LogP contribution in [0.25, 0.3) is 22.6 Å². The first kappa shape index (κ1) is 17.6. The summed E-state index contributed by atoms with van der Waals surface area (Å²) >= 11 is 0. The summed E-state index contributed by atoms with van der Waals surface area (Å²) in [5.74, 6) is 0.110. The van der Waals surface area contributed by atoms with Crippen LogP contribution in [0, 0.1) is 5.82 Å². The largest absolute Gasteiger partial charge is 0.379 e. The molecular weight excluding hydrogens is 379 g/mol. The second-order valence-electron chi connectivity index (χ2n) is 6.99. The third-order valence-electron chi connectivity index (χ3n) is 4.99. The number of H-pyrrole nitrogens is 2. The van der Waals surface area contributed by atoms with E-state index in [1.54, 1.807) is 23.1 Å². The normalized spacial score (nSPS) is 16.7. The number of aromatic amines is 2. The van der Waals surface area contributed by atoms with E-state index in [1.807, 2.05) is 6.07 Å². The van der Waals surface area contributed by atoms with Gasteiger partial charge in [-0.2, -0.15) is 5.10 Å². The smallest absolute Gasteiger partial charge is 0.330 e. The maximum Gasteiger partial charge on any atom is 0.330 e. The number of aromatic nitrogens is 6. The number of benzene rings is 1. The summed E-state index contributed by atoms with van der Waals surface area (Å²) in [4.78, 5) is 35.2. The van der Waals surface area contributed by atoms with Gasteiger partial charge in [0.05, 0.1) is 31.0 Å². The van der Waals surface area contributed by atoms with Gasteiger partial charge in [0.15, 0.2) is 5.65 Å². The fourth-order valence-electron chi connectivity index (χ4n) is 3.58. The summed E-state index contributed by atoms with van der Waals surface area (Å²) in [5.41, 5.74) is 0.916. The molecule has 1 fully saturated rings. The first-order valence-corrected chi connectivity index (χ1v) is 9.18. The van der Waals surface area contributed by atoms with Gasteiger partial charge in [-0.25, -0.2) is 14.2 Å². The molecule has 1 aromatic carbocycles. The highest BCUT2D eigenvalue weighted by Gasteiger charge is 2.23. The van der Waals surface area contributed by atoms with Crippen molar-refractivity contribution in [1.29, 1.82) is 0 Å². The summed E-state index contributed by atoms with van der Waals surface area (Å²) in [5, 5.41) is 4.27. The summed E-state index contributed by atoms with van der Waals surface area (Å²) in [6.07, 6.45) is 3.95. The molecule has 0 radical (unpaired) electrons. The van der Waals surface area contributed by atoms with Crippen LogP contribution in [0.15, 0.2) is 46.2 Å². The van der Waals surface area contributed by atoms with E-state index in [1.165, 1.54) is 16.7 Å². The number of ether oxygens (including phenoxy) is 1. The lowest BCUT2D eigenvalue weighted by Crippen LogP contribution is -2.38. The molecule has 0 saturated carbocycles. The van der Waals surface area contributed by atoms with Gasteiger partial charge in [0, 0.05) is 12.8 Å². The first-order chi connectivity index (χ1) is 14.1. The molecule has 0 bridgehead atoms. The molecule has 1 unspecified atom stereocenters. The molecule has 1 aliphatic heterocycles. The second-order valence-corrected chi connectivity index (χ2v) is 6.99. The van der Waals surface area contributed by atoms with Crippen molar-refractivity contribution in [2.24, 2.45) is 0 Å². The van der Waals surface area contributed by atoms with Crippen molar-refractivity contribution in [3.63, 3.8) is 0 Å². The quantitative estimate of drug-likeness (QED) is 0.542. The van der Waals surface area contributed by atoms with Crippen LogP contribution in [0.5, 0.6) is 0 Å². The van der Waals surface area contributed by atoms with E-state index in [0.717, 1.165) is 5.56 Å². The molecule has 1 aliphatic rings. The Kier molecular flexibility index (Phi) is 4.13. The maximum atomic E-state index is 13.4. The van der Waals surface area contributed by atoms with Gasteiger partial charge in [0.2, 0.25) is 0 Å². The van der Waals surface area contributed by atoms with Crippen molar-refractivity contribution in [3.05, 3.63) is 68.9 Å². The third kappa shape index (κ3) is 3.17. The van der Waals surface area contributed by atoms with E-state index in [9.17, 15) is 14.0 Å². The maximum absolute atomic E-state index is 13.4. The average Bonchev–Trinajstić information content (AvgIpc) is 3.42. The van der Waals surface area contributed by atoms with Crippen LogP contribution in [0.1, 0.15) is 18.0 Å². The molecule has 1 atom stereocenters. The SMILES string of the molecule is O=c1[nH]c2nc(-c3cnn(Cc4cccc(F)c4)c3)[nH]c2c(=O)n1C1CCOC1. The van der Waals surface area contributed by atoms with Crippen LogP contribution < -0.4 is 11.2 Å². The lowest BCUT2D eigenvalue weighted by Gasteiger charge is -2.09. The highest BCUT2D eigenvalue weighted by atomic mass is 19.1. The molecule has 10 heteroatoms. The van der Waals surface area contributed by atoms with E-state index < -0.39 is 11.2 Å². The molecule has 9 nitrogen and oxygen atoms in total. The van der Waals surface area contributed by atoms with Gasteiger partial charge in [0.25, 0.3) is 5.56 Å². The molecule has 5 rings (SSSR count). The zero-order chi connectivity index (χ0) is 20.0. The molecule has 0 amide bonds. The van der Waals surface area contributed by atoms with E-state index in [-0.39, 0.29) is 23.0 Å². The molecule has 4 aromatic rings. The van der Waals surface area contributed by atoms with Gasteiger partial charge in [-0.15, -0.1) is 0 Å². The molecule has 1 saturated heterocycles. The Hall–Kier alpha value is -3.53. The monoisotopic (exact) mass is 396 g/mol. The predicted molar refractivity (Wildman–Crippen MR) is 102 cm³/mol.